The largest absolute Gasteiger partial charge is 0.496 e. The average molecular weight is 332 g/mol. The van der Waals surface area contributed by atoms with E-state index in [1.165, 1.54) is 13.2 Å². The van der Waals surface area contributed by atoms with Crippen molar-refractivity contribution in [3.63, 3.8) is 0 Å². The van der Waals surface area contributed by atoms with Crippen LogP contribution in [-0.2, 0) is 14.0 Å². The fraction of sp³-hybridized carbons (Fsp3) is 0.538. The molecule has 0 spiro atoms. The predicted molar refractivity (Wildman–Crippen MR) is 81.3 cm³/mol. The number of esters is 1. The second-order valence-corrected chi connectivity index (χ2v) is 6.52. The maximum atomic E-state index is 11.6. The molecule has 0 radical (unpaired) electrons. The summed E-state index contributed by atoms with van der Waals surface area (Å²) in [6.07, 6.45) is 0. The summed E-state index contributed by atoms with van der Waals surface area (Å²) >= 11 is 12.2. The van der Waals surface area contributed by atoms with Crippen LogP contribution in [0.3, 0.4) is 0 Å². The lowest BCUT2D eigenvalue weighted by atomic mass is 9.79. The maximum absolute atomic E-state index is 11.6. The fourth-order valence-corrected chi connectivity index (χ4v) is 2.25. The number of pyridine rings is 1. The van der Waals surface area contributed by atoms with E-state index >= 15 is 0 Å². The smallest absolute Gasteiger partial charge is 0.464 e. The van der Waals surface area contributed by atoms with Gasteiger partial charge in [-0.25, -0.2) is 9.78 Å². The first-order chi connectivity index (χ1) is 9.59. The minimum atomic E-state index is -0.730. The highest BCUT2D eigenvalue weighted by atomic mass is 35.5. The van der Waals surface area contributed by atoms with Gasteiger partial charge in [0.1, 0.15) is 10.8 Å². The molecule has 0 N–H and O–H groups in total. The molecule has 2 rings (SSSR count). The Bertz CT molecular complexity index is 576. The molecule has 0 amide bonds. The Morgan fingerprint density at radius 3 is 2.24 bits per heavy atom. The normalized spacial score (nSPS) is 19.7. The molecule has 1 aromatic rings. The number of nitrogens with zero attached hydrogens (tertiary/aromatic N) is 1. The highest BCUT2D eigenvalue weighted by Gasteiger charge is 2.52. The van der Waals surface area contributed by atoms with E-state index in [0.29, 0.717) is 5.46 Å². The third-order valence-electron chi connectivity index (χ3n) is 3.85. The first kappa shape index (κ1) is 16.6. The molecule has 8 heteroatoms. The molecule has 0 aromatic carbocycles. The highest BCUT2D eigenvalue weighted by molar-refractivity contribution is 6.66. The van der Waals surface area contributed by atoms with Crippen molar-refractivity contribution in [3.8, 4) is 0 Å². The van der Waals surface area contributed by atoms with Crippen LogP contribution in [0, 0.1) is 0 Å². The lowest BCUT2D eigenvalue weighted by Gasteiger charge is -2.32. The van der Waals surface area contributed by atoms with Crippen LogP contribution in [0.25, 0.3) is 0 Å². The van der Waals surface area contributed by atoms with Crippen LogP contribution < -0.4 is 5.46 Å². The molecule has 0 aliphatic carbocycles. The van der Waals surface area contributed by atoms with E-state index in [-0.39, 0.29) is 15.9 Å². The molecule has 0 saturated carbocycles. The first-order valence-electron chi connectivity index (χ1n) is 6.39. The van der Waals surface area contributed by atoms with Crippen molar-refractivity contribution in [3.05, 3.63) is 21.9 Å². The van der Waals surface area contributed by atoms with Crippen molar-refractivity contribution >= 4 is 41.8 Å². The summed E-state index contributed by atoms with van der Waals surface area (Å²) in [7, 11) is 0.535. The van der Waals surface area contributed by atoms with Crippen LogP contribution in [-0.4, -0.2) is 36.4 Å². The van der Waals surface area contributed by atoms with Crippen molar-refractivity contribution in [2.45, 2.75) is 38.9 Å². The zero-order chi connectivity index (χ0) is 16.0. The lowest BCUT2D eigenvalue weighted by Crippen LogP contribution is -2.41. The Hall–Kier alpha value is -0.815. The van der Waals surface area contributed by atoms with Gasteiger partial charge in [-0.15, -0.1) is 0 Å². The molecule has 1 aliphatic heterocycles. The van der Waals surface area contributed by atoms with Crippen molar-refractivity contribution in [1.29, 1.82) is 0 Å². The average Bonchev–Trinajstić information content (AvgIpc) is 2.60. The van der Waals surface area contributed by atoms with Crippen LogP contribution in [0.15, 0.2) is 6.07 Å². The molecular weight excluding hydrogens is 316 g/mol. The van der Waals surface area contributed by atoms with Crippen molar-refractivity contribution in [2.24, 2.45) is 0 Å². The van der Waals surface area contributed by atoms with E-state index in [0.717, 1.165) is 0 Å². The summed E-state index contributed by atoms with van der Waals surface area (Å²) < 4.78 is 16.5. The summed E-state index contributed by atoms with van der Waals surface area (Å²) in [4.78, 5) is 15.5. The standard InChI is InChI=1S/C13H16BCl2NO4/c1-12(2)13(3,4)21-14(20-12)7-6-8(11(18)19-5)17-10(16)9(7)15/h6H,1-5H3. The Balaban J connectivity index is 2.46. The van der Waals surface area contributed by atoms with Gasteiger partial charge >= 0.3 is 13.1 Å². The van der Waals surface area contributed by atoms with Gasteiger partial charge in [-0.3, -0.25) is 0 Å². The Labute approximate surface area is 134 Å². The van der Waals surface area contributed by atoms with Crippen molar-refractivity contribution in [1.82, 2.24) is 4.98 Å². The molecular formula is C13H16BCl2NO4. The number of rotatable bonds is 2. The van der Waals surface area contributed by atoms with Crippen LogP contribution >= 0.6 is 23.2 Å². The number of carbonyl (C=O) groups excluding carboxylic acids is 1. The number of methoxy groups -OCH3 is 1. The van der Waals surface area contributed by atoms with E-state index in [4.69, 9.17) is 32.5 Å². The summed E-state index contributed by atoms with van der Waals surface area (Å²) in [6, 6.07) is 1.47. The lowest BCUT2D eigenvalue weighted by molar-refractivity contribution is 0.00578. The molecule has 0 unspecified atom stereocenters. The van der Waals surface area contributed by atoms with Gasteiger partial charge in [-0.2, -0.15) is 0 Å². The first-order valence-corrected chi connectivity index (χ1v) is 7.14. The van der Waals surface area contributed by atoms with Gasteiger partial charge in [0, 0.05) is 5.46 Å². The van der Waals surface area contributed by atoms with Gasteiger partial charge in [0.2, 0.25) is 0 Å². The van der Waals surface area contributed by atoms with E-state index < -0.39 is 24.3 Å². The quantitative estimate of drug-likeness (QED) is 0.473. The summed E-state index contributed by atoms with van der Waals surface area (Å²) in [5, 5.41) is 0.201. The Morgan fingerprint density at radius 1 is 1.24 bits per heavy atom. The van der Waals surface area contributed by atoms with Gasteiger partial charge in [0.05, 0.1) is 23.3 Å². The van der Waals surface area contributed by atoms with E-state index in [1.54, 1.807) is 0 Å². The molecule has 1 saturated heterocycles. The number of hydrogen-bond donors (Lipinski definition) is 0. The SMILES string of the molecule is COC(=O)c1cc(B2OC(C)(C)C(C)(C)O2)c(Cl)c(Cl)n1. The predicted octanol–water partition coefficient (Wildman–Crippen LogP) is 2.47. The van der Waals surface area contributed by atoms with E-state index in [1.807, 2.05) is 27.7 Å². The van der Waals surface area contributed by atoms with Gasteiger partial charge in [-0.1, -0.05) is 23.2 Å². The van der Waals surface area contributed by atoms with Crippen LogP contribution in [0.5, 0.6) is 0 Å². The number of ether oxygens (including phenoxy) is 1. The van der Waals surface area contributed by atoms with Crippen molar-refractivity contribution in [2.75, 3.05) is 7.11 Å². The second-order valence-electron chi connectivity index (χ2n) is 5.78. The molecule has 2 heterocycles. The fourth-order valence-electron chi connectivity index (χ4n) is 1.87. The number of hydrogen-bond acceptors (Lipinski definition) is 5. The third kappa shape index (κ3) is 2.90. The van der Waals surface area contributed by atoms with Crippen LogP contribution in [0.4, 0.5) is 0 Å². The number of halogens is 2. The minimum absolute atomic E-state index is 0.00396. The summed E-state index contributed by atoms with van der Waals surface area (Å²) in [6.45, 7) is 7.69. The molecule has 0 atom stereocenters. The molecule has 1 fully saturated rings. The second kappa shape index (κ2) is 5.43. The van der Waals surface area contributed by atoms with E-state index in [9.17, 15) is 4.79 Å². The third-order valence-corrected chi connectivity index (χ3v) is 4.61. The van der Waals surface area contributed by atoms with Crippen molar-refractivity contribution < 1.29 is 18.8 Å². The van der Waals surface area contributed by atoms with Gasteiger partial charge < -0.3 is 14.0 Å². The number of carbonyl (C=O) groups is 1. The molecule has 1 aromatic heterocycles. The topological polar surface area (TPSA) is 57.7 Å². The molecule has 0 bridgehead atoms. The van der Waals surface area contributed by atoms with Gasteiger partial charge in [0.15, 0.2) is 0 Å². The van der Waals surface area contributed by atoms with Crippen LogP contribution in [0.2, 0.25) is 10.2 Å². The monoisotopic (exact) mass is 331 g/mol. The molecule has 114 valence electrons. The van der Waals surface area contributed by atoms with Gasteiger partial charge in [-0.05, 0) is 33.8 Å². The van der Waals surface area contributed by atoms with Crippen LogP contribution in [0.1, 0.15) is 38.2 Å². The summed E-state index contributed by atoms with van der Waals surface area (Å²) in [5.74, 6) is -0.605. The minimum Gasteiger partial charge on any atom is -0.464 e. The summed E-state index contributed by atoms with van der Waals surface area (Å²) in [5.41, 5.74) is -0.544. The molecule has 5 nitrogen and oxygen atoms in total. The Morgan fingerprint density at radius 2 is 1.76 bits per heavy atom. The number of aromatic nitrogens is 1. The van der Waals surface area contributed by atoms with E-state index in [2.05, 4.69) is 9.72 Å². The maximum Gasteiger partial charge on any atom is 0.496 e. The zero-order valence-corrected chi connectivity index (χ0v) is 14.0. The molecule has 1 aliphatic rings. The highest BCUT2D eigenvalue weighted by Crippen LogP contribution is 2.37. The zero-order valence-electron chi connectivity index (χ0n) is 12.5. The van der Waals surface area contributed by atoms with Gasteiger partial charge in [0.25, 0.3) is 0 Å². The Kier molecular flexibility index (Phi) is 4.28. The molecule has 21 heavy (non-hydrogen) atoms.